The molecule has 0 fully saturated rings. The molecule has 2 amide bonds. The van der Waals surface area contributed by atoms with Gasteiger partial charge in [0.15, 0.2) is 5.69 Å². The van der Waals surface area contributed by atoms with E-state index < -0.39 is 11.9 Å². The van der Waals surface area contributed by atoms with Gasteiger partial charge in [0.05, 0.1) is 38.5 Å². The number of carbonyl (C=O) groups excluding carboxylic acids is 3. The third-order valence-corrected chi connectivity index (χ3v) is 5.50. The summed E-state index contributed by atoms with van der Waals surface area (Å²) in [6.07, 6.45) is 0.489. The van der Waals surface area contributed by atoms with Crippen LogP contribution in [0.2, 0.25) is 0 Å². The van der Waals surface area contributed by atoms with Crippen molar-refractivity contribution in [2.75, 3.05) is 27.4 Å². The first-order chi connectivity index (χ1) is 17.6. The first-order valence-electron chi connectivity index (χ1n) is 12.6. The Balaban J connectivity index is 2.32. The van der Waals surface area contributed by atoms with Gasteiger partial charge in [0.1, 0.15) is 17.5 Å². The first kappa shape index (κ1) is 29.7. The van der Waals surface area contributed by atoms with Gasteiger partial charge in [-0.15, -0.1) is 0 Å². The standard InChI is InChI=1S/C27H40N4O6/c1-8-37-24(32)12-13-28-26(33)19(14-17(2)3)29-27(34)20-15-21(31(30-20)16-18(4)5)25-22(35-6)10-9-11-23(25)36-7/h9-11,15,17-19H,8,12-14,16H2,1-7H3,(H,28,33)(H,29,34)/t19-/m0/s1. The summed E-state index contributed by atoms with van der Waals surface area (Å²) in [7, 11) is 3.15. The van der Waals surface area contributed by atoms with Gasteiger partial charge in [-0.05, 0) is 43.4 Å². The van der Waals surface area contributed by atoms with Crippen LogP contribution in [0.1, 0.15) is 57.9 Å². The highest BCUT2D eigenvalue weighted by Gasteiger charge is 2.26. The maximum Gasteiger partial charge on any atom is 0.307 e. The summed E-state index contributed by atoms with van der Waals surface area (Å²) >= 11 is 0. The van der Waals surface area contributed by atoms with Gasteiger partial charge in [0.2, 0.25) is 5.91 Å². The van der Waals surface area contributed by atoms with Crippen LogP contribution in [0.4, 0.5) is 0 Å². The summed E-state index contributed by atoms with van der Waals surface area (Å²) < 4.78 is 17.8. The van der Waals surface area contributed by atoms with Crippen LogP contribution in [0.25, 0.3) is 11.3 Å². The SMILES string of the molecule is CCOC(=O)CCNC(=O)[C@H](CC(C)C)NC(=O)c1cc(-c2c(OC)cccc2OC)n(CC(C)C)n1. The van der Waals surface area contributed by atoms with Crippen molar-refractivity contribution in [2.24, 2.45) is 11.8 Å². The summed E-state index contributed by atoms with van der Waals surface area (Å²) in [5, 5.41) is 10.1. The van der Waals surface area contributed by atoms with Crippen LogP contribution < -0.4 is 20.1 Å². The zero-order chi connectivity index (χ0) is 27.5. The van der Waals surface area contributed by atoms with Crippen molar-refractivity contribution >= 4 is 17.8 Å². The molecule has 1 aromatic carbocycles. The molecule has 0 aliphatic carbocycles. The number of hydrogen-bond acceptors (Lipinski definition) is 7. The van der Waals surface area contributed by atoms with Gasteiger partial charge in [0.25, 0.3) is 5.91 Å². The van der Waals surface area contributed by atoms with Crippen LogP contribution in [-0.2, 0) is 20.9 Å². The van der Waals surface area contributed by atoms with Crippen LogP contribution in [-0.4, -0.2) is 61.0 Å². The van der Waals surface area contributed by atoms with E-state index in [0.717, 1.165) is 0 Å². The van der Waals surface area contributed by atoms with Crippen molar-refractivity contribution in [2.45, 2.75) is 60.0 Å². The van der Waals surface area contributed by atoms with E-state index in [4.69, 9.17) is 14.2 Å². The molecule has 0 saturated carbocycles. The zero-order valence-electron chi connectivity index (χ0n) is 22.9. The molecule has 0 radical (unpaired) electrons. The van der Waals surface area contributed by atoms with E-state index in [9.17, 15) is 14.4 Å². The average molecular weight is 517 g/mol. The molecule has 0 bridgehead atoms. The van der Waals surface area contributed by atoms with E-state index in [-0.39, 0.29) is 49.0 Å². The third kappa shape index (κ3) is 8.51. The molecule has 37 heavy (non-hydrogen) atoms. The Morgan fingerprint density at radius 2 is 1.68 bits per heavy atom. The molecule has 0 aliphatic rings. The lowest BCUT2D eigenvalue weighted by atomic mass is 10.0. The Morgan fingerprint density at radius 3 is 2.22 bits per heavy atom. The van der Waals surface area contributed by atoms with E-state index in [2.05, 4.69) is 29.6 Å². The molecule has 0 spiro atoms. The normalized spacial score (nSPS) is 11.8. The van der Waals surface area contributed by atoms with Gasteiger partial charge < -0.3 is 24.8 Å². The maximum absolute atomic E-state index is 13.3. The molecule has 204 valence electrons. The molecular formula is C27H40N4O6. The predicted molar refractivity (Wildman–Crippen MR) is 141 cm³/mol. The molecule has 0 aliphatic heterocycles. The molecule has 1 atom stereocenters. The fraction of sp³-hybridized carbons (Fsp3) is 0.556. The molecule has 1 heterocycles. The van der Waals surface area contributed by atoms with Crippen molar-refractivity contribution in [3.63, 3.8) is 0 Å². The molecule has 10 heteroatoms. The fourth-order valence-electron chi connectivity index (χ4n) is 3.90. The van der Waals surface area contributed by atoms with E-state index in [0.29, 0.717) is 35.7 Å². The molecule has 2 aromatic rings. The predicted octanol–water partition coefficient (Wildman–Crippen LogP) is 3.44. The Hall–Kier alpha value is -3.56. The second-order valence-electron chi connectivity index (χ2n) is 9.53. The lowest BCUT2D eigenvalue weighted by molar-refractivity contribution is -0.143. The van der Waals surface area contributed by atoms with E-state index in [1.54, 1.807) is 31.9 Å². The Morgan fingerprint density at radius 1 is 1.03 bits per heavy atom. The summed E-state index contributed by atoms with van der Waals surface area (Å²) in [6, 6.07) is 6.37. The second kappa shape index (κ2) is 14.2. The third-order valence-electron chi connectivity index (χ3n) is 5.50. The zero-order valence-corrected chi connectivity index (χ0v) is 22.9. The summed E-state index contributed by atoms with van der Waals surface area (Å²) in [4.78, 5) is 37.7. The van der Waals surface area contributed by atoms with Crippen molar-refractivity contribution < 1.29 is 28.6 Å². The Labute approximate surface area is 219 Å². The molecular weight excluding hydrogens is 476 g/mol. The lowest BCUT2D eigenvalue weighted by Gasteiger charge is -2.19. The van der Waals surface area contributed by atoms with Crippen LogP contribution >= 0.6 is 0 Å². The van der Waals surface area contributed by atoms with Gasteiger partial charge in [0, 0.05) is 13.1 Å². The van der Waals surface area contributed by atoms with Crippen LogP contribution in [0.5, 0.6) is 11.5 Å². The number of carbonyl (C=O) groups is 3. The van der Waals surface area contributed by atoms with E-state index >= 15 is 0 Å². The maximum atomic E-state index is 13.3. The largest absolute Gasteiger partial charge is 0.496 e. The molecule has 0 saturated heterocycles. The van der Waals surface area contributed by atoms with Gasteiger partial charge in [-0.3, -0.25) is 19.1 Å². The molecule has 2 rings (SSSR count). The van der Waals surface area contributed by atoms with Crippen molar-refractivity contribution in [3.8, 4) is 22.8 Å². The minimum absolute atomic E-state index is 0.0611. The fourth-order valence-corrected chi connectivity index (χ4v) is 3.90. The number of nitrogens with one attached hydrogen (secondary N) is 2. The minimum Gasteiger partial charge on any atom is -0.496 e. The first-order valence-corrected chi connectivity index (χ1v) is 12.6. The van der Waals surface area contributed by atoms with E-state index in [1.165, 1.54) is 0 Å². The Kier molecular flexibility index (Phi) is 11.4. The highest BCUT2D eigenvalue weighted by molar-refractivity contribution is 5.97. The number of ether oxygens (including phenoxy) is 3. The number of nitrogens with zero attached hydrogens (tertiary/aromatic N) is 2. The van der Waals surface area contributed by atoms with Crippen LogP contribution in [0.15, 0.2) is 24.3 Å². The molecule has 10 nitrogen and oxygen atoms in total. The number of rotatable bonds is 14. The van der Waals surface area contributed by atoms with Gasteiger partial charge in [-0.1, -0.05) is 33.8 Å². The van der Waals surface area contributed by atoms with Gasteiger partial charge >= 0.3 is 5.97 Å². The molecule has 0 unspecified atom stereocenters. The average Bonchev–Trinajstić information content (AvgIpc) is 3.25. The van der Waals surface area contributed by atoms with Crippen molar-refractivity contribution in [1.29, 1.82) is 0 Å². The summed E-state index contributed by atoms with van der Waals surface area (Å²) in [5.41, 5.74) is 1.54. The van der Waals surface area contributed by atoms with E-state index in [1.807, 2.05) is 32.0 Å². The number of amides is 2. The van der Waals surface area contributed by atoms with Crippen molar-refractivity contribution in [3.05, 3.63) is 30.0 Å². The second-order valence-corrected chi connectivity index (χ2v) is 9.53. The lowest BCUT2D eigenvalue weighted by Crippen LogP contribution is -2.48. The quantitative estimate of drug-likeness (QED) is 0.369. The monoisotopic (exact) mass is 516 g/mol. The Bertz CT molecular complexity index is 1040. The minimum atomic E-state index is -0.783. The molecule has 1 aromatic heterocycles. The van der Waals surface area contributed by atoms with Crippen LogP contribution in [0, 0.1) is 11.8 Å². The summed E-state index contributed by atoms with van der Waals surface area (Å²) in [5.74, 6) is 0.373. The smallest absolute Gasteiger partial charge is 0.307 e. The number of benzene rings is 1. The topological polar surface area (TPSA) is 121 Å². The van der Waals surface area contributed by atoms with Crippen LogP contribution in [0.3, 0.4) is 0 Å². The highest BCUT2D eigenvalue weighted by Crippen LogP contribution is 2.38. The molecule has 2 N–H and O–H groups in total. The van der Waals surface area contributed by atoms with Gasteiger partial charge in [-0.25, -0.2) is 0 Å². The number of hydrogen-bond donors (Lipinski definition) is 2. The van der Waals surface area contributed by atoms with Gasteiger partial charge in [-0.2, -0.15) is 5.10 Å². The number of aromatic nitrogens is 2. The van der Waals surface area contributed by atoms with Crippen molar-refractivity contribution in [1.82, 2.24) is 20.4 Å². The number of esters is 1. The number of methoxy groups -OCH3 is 2. The highest BCUT2D eigenvalue weighted by atomic mass is 16.5. The summed E-state index contributed by atoms with van der Waals surface area (Å²) in [6.45, 7) is 10.8.